The molecule has 1 fully saturated rings. The van der Waals surface area contributed by atoms with Crippen LogP contribution < -0.4 is 10.2 Å². The van der Waals surface area contributed by atoms with Crippen molar-refractivity contribution in [2.24, 2.45) is 0 Å². The fourth-order valence-corrected chi connectivity index (χ4v) is 2.41. The monoisotopic (exact) mass is 339 g/mol. The number of nitrogens with one attached hydrogen (secondary N) is 1. The fraction of sp³-hybridized carbons (Fsp3) is 0.438. The van der Waals surface area contributed by atoms with Crippen LogP contribution in [0.5, 0.6) is 0 Å². The number of benzene rings is 1. The van der Waals surface area contributed by atoms with Crippen molar-refractivity contribution in [3.63, 3.8) is 0 Å². The largest absolute Gasteiger partial charge is 0.325 e. The first-order valence-electron chi connectivity index (χ1n) is 7.49. The second kappa shape index (κ2) is 6.54. The lowest BCUT2D eigenvalue weighted by Gasteiger charge is -2.19. The van der Waals surface area contributed by atoms with Gasteiger partial charge < -0.3 is 10.2 Å². The lowest BCUT2D eigenvalue weighted by Crippen LogP contribution is -2.40. The van der Waals surface area contributed by atoms with Crippen LogP contribution in [0.2, 0.25) is 0 Å². The molecule has 130 valence electrons. The van der Waals surface area contributed by atoms with Crippen LogP contribution in [0.3, 0.4) is 0 Å². The van der Waals surface area contributed by atoms with E-state index in [1.165, 1.54) is 18.0 Å². The molecule has 0 aromatic heterocycles. The number of imide groups is 1. The number of hydrogen-bond acceptors (Lipinski definition) is 3. The Morgan fingerprint density at radius 3 is 2.46 bits per heavy atom. The van der Waals surface area contributed by atoms with E-state index in [0.717, 1.165) is 17.0 Å². The standard InChI is InChI=1S/C16H19F2N3O3/c1-16(2)14(23)21(15(24)19-16)8-4-5-13(22)20(3)10-6-7-11(17)12(18)9-10/h6-7,9H,4-5,8H2,1-3H3,(H,19,24). The highest BCUT2D eigenvalue weighted by molar-refractivity contribution is 6.06. The number of nitrogens with zero attached hydrogens (tertiary/aromatic N) is 2. The van der Waals surface area contributed by atoms with E-state index in [-0.39, 0.29) is 36.9 Å². The molecule has 1 saturated heterocycles. The predicted molar refractivity (Wildman–Crippen MR) is 83.3 cm³/mol. The third-order valence-corrected chi connectivity index (χ3v) is 3.88. The van der Waals surface area contributed by atoms with Gasteiger partial charge in [-0.15, -0.1) is 0 Å². The lowest BCUT2D eigenvalue weighted by molar-refractivity contribution is -0.130. The first kappa shape index (κ1) is 17.8. The van der Waals surface area contributed by atoms with Gasteiger partial charge >= 0.3 is 6.03 Å². The lowest BCUT2D eigenvalue weighted by atomic mass is 10.1. The van der Waals surface area contributed by atoms with Crippen molar-refractivity contribution in [2.45, 2.75) is 32.2 Å². The maximum Gasteiger partial charge on any atom is 0.325 e. The highest BCUT2D eigenvalue weighted by Crippen LogP contribution is 2.19. The molecule has 1 aromatic rings. The quantitative estimate of drug-likeness (QED) is 0.835. The van der Waals surface area contributed by atoms with Crippen LogP contribution in [0.25, 0.3) is 0 Å². The van der Waals surface area contributed by atoms with Crippen LogP contribution in [-0.4, -0.2) is 41.9 Å². The van der Waals surface area contributed by atoms with Gasteiger partial charge in [-0.25, -0.2) is 13.6 Å². The van der Waals surface area contributed by atoms with Crippen LogP contribution in [0.4, 0.5) is 19.3 Å². The molecule has 0 radical (unpaired) electrons. The molecule has 0 unspecified atom stereocenters. The van der Waals surface area contributed by atoms with E-state index in [1.54, 1.807) is 13.8 Å². The molecule has 2 rings (SSSR count). The van der Waals surface area contributed by atoms with Gasteiger partial charge in [0.1, 0.15) is 5.54 Å². The minimum Gasteiger partial charge on any atom is -0.324 e. The summed E-state index contributed by atoms with van der Waals surface area (Å²) in [5.74, 6) is -2.68. The first-order valence-corrected chi connectivity index (χ1v) is 7.49. The van der Waals surface area contributed by atoms with Crippen molar-refractivity contribution in [1.82, 2.24) is 10.2 Å². The van der Waals surface area contributed by atoms with Crippen molar-refractivity contribution in [2.75, 3.05) is 18.5 Å². The number of carbonyl (C=O) groups excluding carboxylic acids is 3. The minimum atomic E-state index is -1.03. The van der Waals surface area contributed by atoms with Crippen molar-refractivity contribution >= 4 is 23.5 Å². The van der Waals surface area contributed by atoms with Gasteiger partial charge in [-0.05, 0) is 32.4 Å². The molecule has 6 nitrogen and oxygen atoms in total. The second-order valence-electron chi connectivity index (χ2n) is 6.17. The Bertz CT molecular complexity index is 691. The normalized spacial score (nSPS) is 16.3. The molecule has 24 heavy (non-hydrogen) atoms. The van der Waals surface area contributed by atoms with E-state index in [9.17, 15) is 23.2 Å². The van der Waals surface area contributed by atoms with Crippen molar-refractivity contribution in [1.29, 1.82) is 0 Å². The van der Waals surface area contributed by atoms with Gasteiger partial charge in [0.15, 0.2) is 11.6 Å². The molecule has 4 amide bonds. The highest BCUT2D eigenvalue weighted by atomic mass is 19.2. The molecule has 1 aromatic carbocycles. The van der Waals surface area contributed by atoms with Crippen molar-refractivity contribution in [3.8, 4) is 0 Å². The van der Waals surface area contributed by atoms with Gasteiger partial charge in [0.2, 0.25) is 5.91 Å². The van der Waals surface area contributed by atoms with Crippen LogP contribution in [-0.2, 0) is 9.59 Å². The summed E-state index contributed by atoms with van der Waals surface area (Å²) in [6.45, 7) is 3.33. The zero-order valence-corrected chi connectivity index (χ0v) is 13.7. The van der Waals surface area contributed by atoms with Gasteiger partial charge in [0.25, 0.3) is 5.91 Å². The number of amides is 4. The van der Waals surface area contributed by atoms with E-state index in [4.69, 9.17) is 0 Å². The van der Waals surface area contributed by atoms with E-state index in [1.807, 2.05) is 0 Å². The summed E-state index contributed by atoms with van der Waals surface area (Å²) >= 11 is 0. The number of anilines is 1. The molecular weight excluding hydrogens is 320 g/mol. The molecule has 1 aliphatic heterocycles. The smallest absolute Gasteiger partial charge is 0.324 e. The maximum atomic E-state index is 13.2. The summed E-state index contributed by atoms with van der Waals surface area (Å²) in [5.41, 5.74) is -0.709. The summed E-state index contributed by atoms with van der Waals surface area (Å²) in [6, 6.07) is 2.71. The Morgan fingerprint density at radius 2 is 1.92 bits per heavy atom. The van der Waals surface area contributed by atoms with E-state index < -0.39 is 23.2 Å². The van der Waals surface area contributed by atoms with Crippen LogP contribution in [0.1, 0.15) is 26.7 Å². The van der Waals surface area contributed by atoms with Crippen LogP contribution >= 0.6 is 0 Å². The summed E-state index contributed by atoms with van der Waals surface area (Å²) in [7, 11) is 1.45. The van der Waals surface area contributed by atoms with Crippen molar-refractivity contribution in [3.05, 3.63) is 29.8 Å². The topological polar surface area (TPSA) is 69.7 Å². The fourth-order valence-electron chi connectivity index (χ4n) is 2.41. The number of carbonyl (C=O) groups is 3. The van der Waals surface area contributed by atoms with Gasteiger partial charge in [-0.1, -0.05) is 0 Å². The van der Waals surface area contributed by atoms with Gasteiger partial charge in [-0.2, -0.15) is 0 Å². The van der Waals surface area contributed by atoms with Gasteiger partial charge in [0, 0.05) is 31.8 Å². The number of halogens is 2. The molecule has 0 bridgehead atoms. The van der Waals surface area contributed by atoms with Crippen LogP contribution in [0.15, 0.2) is 18.2 Å². The average Bonchev–Trinajstić information content (AvgIpc) is 2.70. The predicted octanol–water partition coefficient (Wildman–Crippen LogP) is 2.04. The Morgan fingerprint density at radius 1 is 1.25 bits per heavy atom. The van der Waals surface area contributed by atoms with Gasteiger partial charge in [0.05, 0.1) is 0 Å². The SMILES string of the molecule is CN(C(=O)CCCN1C(=O)NC(C)(C)C1=O)c1ccc(F)c(F)c1. The maximum absolute atomic E-state index is 13.2. The van der Waals surface area contributed by atoms with Crippen LogP contribution in [0, 0.1) is 11.6 Å². The Balaban J connectivity index is 1.90. The van der Waals surface area contributed by atoms with Gasteiger partial charge in [-0.3, -0.25) is 14.5 Å². The number of hydrogen-bond donors (Lipinski definition) is 1. The molecule has 0 atom stereocenters. The summed E-state index contributed by atoms with van der Waals surface area (Å²) in [5, 5.41) is 2.56. The number of urea groups is 1. The van der Waals surface area contributed by atoms with E-state index in [0.29, 0.717) is 0 Å². The third-order valence-electron chi connectivity index (χ3n) is 3.88. The van der Waals surface area contributed by atoms with Crippen molar-refractivity contribution < 1.29 is 23.2 Å². The Kier molecular flexibility index (Phi) is 4.86. The Hall–Kier alpha value is -2.51. The number of rotatable bonds is 5. The third kappa shape index (κ3) is 3.52. The zero-order chi connectivity index (χ0) is 18.1. The molecule has 8 heteroatoms. The highest BCUT2D eigenvalue weighted by Gasteiger charge is 2.43. The van der Waals surface area contributed by atoms with E-state index in [2.05, 4.69) is 5.32 Å². The molecule has 0 aliphatic carbocycles. The molecular formula is C16H19F2N3O3. The first-order chi connectivity index (χ1) is 11.1. The molecule has 1 N–H and O–H groups in total. The molecule has 0 saturated carbocycles. The zero-order valence-electron chi connectivity index (χ0n) is 13.7. The molecule has 1 heterocycles. The average molecular weight is 339 g/mol. The molecule has 1 aliphatic rings. The minimum absolute atomic E-state index is 0.0625. The Labute approximate surface area is 138 Å². The second-order valence-corrected chi connectivity index (χ2v) is 6.17. The molecule has 0 spiro atoms. The van der Waals surface area contributed by atoms with E-state index >= 15 is 0 Å². The summed E-state index contributed by atoms with van der Waals surface area (Å²) in [6.07, 6.45) is 0.342. The summed E-state index contributed by atoms with van der Waals surface area (Å²) in [4.78, 5) is 38.1. The summed E-state index contributed by atoms with van der Waals surface area (Å²) < 4.78 is 26.1.